The third-order valence-electron chi connectivity index (χ3n) is 3.91. The molecule has 0 unspecified atom stereocenters. The minimum Gasteiger partial charge on any atom is -0.497 e. The molecule has 0 saturated heterocycles. The van der Waals surface area contributed by atoms with E-state index in [4.69, 9.17) is 4.74 Å². The van der Waals surface area contributed by atoms with Crippen LogP contribution in [0, 0.1) is 0 Å². The number of rotatable bonds is 8. The maximum atomic E-state index is 11.6. The van der Waals surface area contributed by atoms with Crippen molar-refractivity contribution >= 4 is 17.7 Å². The lowest BCUT2D eigenvalue weighted by Gasteiger charge is -2.23. The van der Waals surface area contributed by atoms with E-state index in [9.17, 15) is 4.79 Å². The van der Waals surface area contributed by atoms with E-state index >= 15 is 0 Å². The molecule has 0 fully saturated rings. The van der Waals surface area contributed by atoms with Crippen molar-refractivity contribution in [2.45, 2.75) is 24.5 Å². The predicted octanol–water partition coefficient (Wildman–Crippen LogP) is 2.13. The molecule has 1 N–H and O–H groups in total. The average molecular weight is 363 g/mol. The third kappa shape index (κ3) is 4.52. The van der Waals surface area contributed by atoms with Gasteiger partial charge in [0.05, 0.1) is 18.9 Å². The first-order valence-corrected chi connectivity index (χ1v) is 9.09. The molecule has 1 aromatic carbocycles. The van der Waals surface area contributed by atoms with E-state index in [-0.39, 0.29) is 11.9 Å². The molecule has 7 nitrogen and oxygen atoms in total. The number of benzene rings is 1. The lowest BCUT2D eigenvalue weighted by atomic mass is 10.2. The molecule has 0 aliphatic rings. The first-order valence-electron chi connectivity index (χ1n) is 8.11. The highest BCUT2D eigenvalue weighted by atomic mass is 32.2. The highest BCUT2D eigenvalue weighted by molar-refractivity contribution is 7.99. The molecule has 1 amide bonds. The molecule has 0 radical (unpaired) electrons. The number of hydrogen-bond acceptors (Lipinski definition) is 6. The Morgan fingerprint density at radius 3 is 2.52 bits per heavy atom. The number of aromatic nitrogens is 3. The molecule has 0 aliphatic carbocycles. The van der Waals surface area contributed by atoms with Crippen LogP contribution in [0.5, 0.6) is 5.75 Å². The molecule has 0 saturated carbocycles. The normalized spacial score (nSPS) is 12.2. The van der Waals surface area contributed by atoms with Gasteiger partial charge in [-0.05, 0) is 44.8 Å². The summed E-state index contributed by atoms with van der Waals surface area (Å²) in [5, 5.41) is 12.1. The van der Waals surface area contributed by atoms with E-state index in [0.717, 1.165) is 23.7 Å². The molecule has 1 heterocycles. The van der Waals surface area contributed by atoms with Crippen LogP contribution in [-0.2, 0) is 4.79 Å². The van der Waals surface area contributed by atoms with Crippen molar-refractivity contribution in [3.63, 3.8) is 0 Å². The van der Waals surface area contributed by atoms with Gasteiger partial charge in [-0.25, -0.2) is 0 Å². The monoisotopic (exact) mass is 363 g/mol. The van der Waals surface area contributed by atoms with Gasteiger partial charge in [-0.15, -0.1) is 10.2 Å². The summed E-state index contributed by atoms with van der Waals surface area (Å²) in [4.78, 5) is 13.7. The number of nitrogens with one attached hydrogen (secondary N) is 1. The molecule has 1 aromatic heterocycles. The summed E-state index contributed by atoms with van der Waals surface area (Å²) in [6, 6.07) is 7.88. The summed E-state index contributed by atoms with van der Waals surface area (Å²) in [7, 11) is 7.32. The maximum Gasteiger partial charge on any atom is 0.230 e. The first-order chi connectivity index (χ1) is 12.0. The Hall–Kier alpha value is -2.06. The second kappa shape index (κ2) is 8.87. The van der Waals surface area contributed by atoms with Crippen molar-refractivity contribution in [3.05, 3.63) is 30.1 Å². The zero-order valence-corrected chi connectivity index (χ0v) is 16.1. The van der Waals surface area contributed by atoms with Crippen molar-refractivity contribution in [2.24, 2.45) is 0 Å². The number of carbonyl (C=O) groups excluding carboxylic acids is 1. The molecule has 2 rings (SSSR count). The summed E-state index contributed by atoms with van der Waals surface area (Å²) >= 11 is 1.37. The summed E-state index contributed by atoms with van der Waals surface area (Å²) in [5.41, 5.74) is 0.945. The predicted molar refractivity (Wildman–Crippen MR) is 99.4 cm³/mol. The fourth-order valence-electron chi connectivity index (χ4n) is 2.55. The van der Waals surface area contributed by atoms with Crippen LogP contribution >= 0.6 is 11.8 Å². The third-order valence-corrected chi connectivity index (χ3v) is 4.84. The van der Waals surface area contributed by atoms with Crippen molar-refractivity contribution in [3.8, 4) is 11.4 Å². The number of carbonyl (C=O) groups is 1. The van der Waals surface area contributed by atoms with E-state index in [1.165, 1.54) is 11.8 Å². The van der Waals surface area contributed by atoms with Crippen molar-refractivity contribution in [1.29, 1.82) is 0 Å². The Morgan fingerprint density at radius 2 is 2.00 bits per heavy atom. The molecule has 25 heavy (non-hydrogen) atoms. The minimum atomic E-state index is -0.0458. The van der Waals surface area contributed by atoms with Crippen LogP contribution in [0.3, 0.4) is 0 Å². The summed E-state index contributed by atoms with van der Waals surface area (Å²) in [6.07, 6.45) is 0.904. The van der Waals surface area contributed by atoms with Gasteiger partial charge in [-0.3, -0.25) is 14.3 Å². The van der Waals surface area contributed by atoms with E-state index in [0.29, 0.717) is 10.9 Å². The number of nitrogens with zero attached hydrogens (tertiary/aromatic N) is 4. The molecule has 0 aliphatic heterocycles. The topological polar surface area (TPSA) is 72.3 Å². The van der Waals surface area contributed by atoms with E-state index in [2.05, 4.69) is 27.3 Å². The first kappa shape index (κ1) is 19.3. The maximum absolute atomic E-state index is 11.6. The highest BCUT2D eigenvalue weighted by Crippen LogP contribution is 2.29. The lowest BCUT2D eigenvalue weighted by molar-refractivity contribution is -0.118. The Bertz CT molecular complexity index is 700. The Labute approximate surface area is 152 Å². The quantitative estimate of drug-likeness (QED) is 0.725. The van der Waals surface area contributed by atoms with Gasteiger partial charge in [0.25, 0.3) is 0 Å². The van der Waals surface area contributed by atoms with Gasteiger partial charge in [-0.1, -0.05) is 18.7 Å². The minimum absolute atomic E-state index is 0.0458. The number of amides is 1. The van der Waals surface area contributed by atoms with E-state index < -0.39 is 0 Å². The molecular weight excluding hydrogens is 338 g/mol. The molecule has 8 heteroatoms. The Kier molecular flexibility index (Phi) is 6.83. The largest absolute Gasteiger partial charge is 0.497 e. The van der Waals surface area contributed by atoms with Gasteiger partial charge in [0.15, 0.2) is 11.0 Å². The number of ether oxygens (including phenoxy) is 1. The van der Waals surface area contributed by atoms with Gasteiger partial charge >= 0.3 is 0 Å². The second-order valence-electron chi connectivity index (χ2n) is 5.72. The van der Waals surface area contributed by atoms with Crippen LogP contribution in [0.15, 0.2) is 29.4 Å². The fourth-order valence-corrected chi connectivity index (χ4v) is 3.38. The summed E-state index contributed by atoms with van der Waals surface area (Å²) < 4.78 is 7.26. The van der Waals surface area contributed by atoms with E-state index in [1.807, 2.05) is 42.9 Å². The Morgan fingerprint density at radius 1 is 1.32 bits per heavy atom. The summed E-state index contributed by atoms with van der Waals surface area (Å²) in [5.74, 6) is 1.90. The van der Waals surface area contributed by atoms with E-state index in [1.54, 1.807) is 14.2 Å². The van der Waals surface area contributed by atoms with Gasteiger partial charge in [0.1, 0.15) is 5.75 Å². The van der Waals surface area contributed by atoms with Crippen LogP contribution in [0.1, 0.15) is 25.2 Å². The standard InChI is InChI=1S/C17H25N5O2S/c1-6-14(21(3)4)16-19-20-17(25-11-15(23)18-2)22(16)12-7-9-13(24-5)10-8-12/h7-10,14H,6,11H2,1-5H3,(H,18,23)/t14-/m1/s1. The molecule has 0 spiro atoms. The molecule has 1 atom stereocenters. The molecule has 136 valence electrons. The lowest BCUT2D eigenvalue weighted by Crippen LogP contribution is -2.23. The SMILES string of the molecule is CC[C@H](c1nnc(SCC(=O)NC)n1-c1ccc(OC)cc1)N(C)C. The van der Waals surface area contributed by atoms with Crippen molar-refractivity contribution in [2.75, 3.05) is 34.0 Å². The van der Waals surface area contributed by atoms with Crippen LogP contribution in [0.25, 0.3) is 5.69 Å². The molecule has 2 aromatic rings. The second-order valence-corrected chi connectivity index (χ2v) is 6.67. The van der Waals surface area contributed by atoms with Crippen molar-refractivity contribution < 1.29 is 9.53 Å². The summed E-state index contributed by atoms with van der Waals surface area (Å²) in [6.45, 7) is 2.12. The van der Waals surface area contributed by atoms with Gasteiger partial charge in [-0.2, -0.15) is 0 Å². The number of thioether (sulfide) groups is 1. The highest BCUT2D eigenvalue weighted by Gasteiger charge is 2.23. The molecule has 0 bridgehead atoms. The average Bonchev–Trinajstić information content (AvgIpc) is 3.03. The van der Waals surface area contributed by atoms with Crippen LogP contribution in [0.2, 0.25) is 0 Å². The Balaban J connectivity index is 2.46. The number of hydrogen-bond donors (Lipinski definition) is 1. The van der Waals surface area contributed by atoms with Crippen molar-refractivity contribution in [1.82, 2.24) is 25.0 Å². The smallest absolute Gasteiger partial charge is 0.230 e. The zero-order valence-electron chi connectivity index (χ0n) is 15.3. The fraction of sp³-hybridized carbons (Fsp3) is 0.471. The van der Waals surface area contributed by atoms with Crippen LogP contribution in [-0.4, -0.2) is 59.6 Å². The number of methoxy groups -OCH3 is 1. The van der Waals surface area contributed by atoms with Gasteiger partial charge < -0.3 is 10.1 Å². The molecular formula is C17H25N5O2S. The van der Waals surface area contributed by atoms with Gasteiger partial charge in [0, 0.05) is 12.7 Å². The van der Waals surface area contributed by atoms with Crippen LogP contribution < -0.4 is 10.1 Å². The zero-order chi connectivity index (χ0) is 18.4. The van der Waals surface area contributed by atoms with Crippen LogP contribution in [0.4, 0.5) is 0 Å². The van der Waals surface area contributed by atoms with Gasteiger partial charge in [0.2, 0.25) is 5.91 Å².